The molecule has 0 spiro atoms. The summed E-state index contributed by atoms with van der Waals surface area (Å²) in [5.41, 5.74) is 0. The minimum atomic E-state index is -0.0170. The normalized spacial score (nSPS) is 7.80. The summed E-state index contributed by atoms with van der Waals surface area (Å²) in [5, 5.41) is 0. The fourth-order valence-corrected chi connectivity index (χ4v) is 0. The third-order valence-electron chi connectivity index (χ3n) is 0.311. The van der Waals surface area contributed by atoms with Gasteiger partial charge in [-0.2, -0.15) is 0 Å². The van der Waals surface area contributed by atoms with Crippen LogP contribution < -0.4 is 0 Å². The standard InChI is InChI=1S/C2H6BPS/c1-2-5(3)4/h4H,2H2,1H3. The molecule has 0 fully saturated rings. The Morgan fingerprint density at radius 3 is 2.20 bits per heavy atom. The van der Waals surface area contributed by atoms with Gasteiger partial charge in [0.15, 0.2) is 0 Å². The molecule has 0 aliphatic heterocycles. The second kappa shape index (κ2) is 2.80. The molecule has 3 heteroatoms. The van der Waals surface area contributed by atoms with Crippen LogP contribution in [0.4, 0.5) is 0 Å². The van der Waals surface area contributed by atoms with Crippen molar-refractivity contribution >= 4 is 23.9 Å². The van der Waals surface area contributed by atoms with Crippen molar-refractivity contribution in [3.05, 3.63) is 0 Å². The average Bonchev–Trinajstić information content (AvgIpc) is 1.38. The first-order valence-electron chi connectivity index (χ1n) is 1.44. The van der Waals surface area contributed by atoms with Gasteiger partial charge in [-0.25, -0.2) is 0 Å². The molecule has 0 bridgehead atoms. The van der Waals surface area contributed by atoms with Gasteiger partial charge in [-0.3, -0.25) is 0 Å². The molecule has 0 aromatic rings. The third kappa shape index (κ3) is 4.58. The molecular weight excluding hydrogens is 97.9 g/mol. The van der Waals surface area contributed by atoms with Crippen LogP contribution in [0.3, 0.4) is 0 Å². The van der Waals surface area contributed by atoms with Crippen molar-refractivity contribution < 1.29 is 0 Å². The van der Waals surface area contributed by atoms with E-state index in [2.05, 4.69) is 8.02 Å². The van der Waals surface area contributed by atoms with Crippen LogP contribution in [0.1, 0.15) is 6.92 Å². The maximum absolute atomic E-state index is 5.23. The molecule has 0 nitrogen and oxygen atoms in total. The van der Waals surface area contributed by atoms with Crippen LogP contribution in [0, 0.1) is 0 Å². The van der Waals surface area contributed by atoms with E-state index in [0.717, 1.165) is 5.75 Å². The van der Waals surface area contributed by atoms with Gasteiger partial charge in [-0.1, -0.05) is 0 Å². The Morgan fingerprint density at radius 1 is 2.00 bits per heavy atom. The zero-order chi connectivity index (χ0) is 4.28. The van der Waals surface area contributed by atoms with Gasteiger partial charge in [0, 0.05) is 0 Å². The van der Waals surface area contributed by atoms with Crippen LogP contribution in [-0.4, -0.2) is 12.3 Å². The molecule has 0 rings (SSSR count). The minimum absolute atomic E-state index is 0.0170. The molecular formula is C2H6BPS. The second-order valence-electron chi connectivity index (χ2n) is 0.718. The first-order chi connectivity index (χ1) is 2.27. The summed E-state index contributed by atoms with van der Waals surface area (Å²) < 4.78 is 0. The van der Waals surface area contributed by atoms with E-state index in [9.17, 15) is 0 Å². The van der Waals surface area contributed by atoms with Crippen molar-refractivity contribution in [2.75, 3.05) is 5.75 Å². The number of rotatable bonds is 0. The summed E-state index contributed by atoms with van der Waals surface area (Å²) in [4.78, 5) is 0. The second-order valence-corrected chi connectivity index (χ2v) is 3.73. The van der Waals surface area contributed by atoms with Crippen molar-refractivity contribution in [2.24, 2.45) is 0 Å². The molecule has 28 valence electrons. The Labute approximate surface area is 37.2 Å². The molecule has 0 amide bonds. The van der Waals surface area contributed by atoms with E-state index < -0.39 is 0 Å². The summed E-state index contributed by atoms with van der Waals surface area (Å²) in [6.45, 7) is 7.27. The monoisotopic (exact) mass is 104 g/mol. The molecule has 0 aromatic heterocycles. The van der Waals surface area contributed by atoms with Gasteiger partial charge >= 0.3 is 36.5 Å². The van der Waals surface area contributed by atoms with Gasteiger partial charge < -0.3 is 0 Å². The van der Waals surface area contributed by atoms with Gasteiger partial charge in [0.25, 0.3) is 0 Å². The predicted molar refractivity (Wildman–Crippen MR) is 32.0 cm³/mol. The Bertz CT molecular complexity index is 111. The molecule has 0 N–H and O–H groups in total. The molecule has 0 aliphatic carbocycles. The third-order valence-corrected chi connectivity index (χ3v) is 1.80. The van der Waals surface area contributed by atoms with Crippen LogP contribution in [0.5, 0.6) is 0 Å². The summed E-state index contributed by atoms with van der Waals surface area (Å²) in [6, 6.07) is 0. The van der Waals surface area contributed by atoms with Gasteiger partial charge in [0.05, 0.1) is 0 Å². The fraction of sp³-hybridized carbons (Fsp3) is 1.00. The van der Waals surface area contributed by atoms with E-state index in [4.69, 9.17) is 6.53 Å². The van der Waals surface area contributed by atoms with Crippen LogP contribution in [0.25, 0.3) is 0 Å². The van der Waals surface area contributed by atoms with E-state index in [-0.39, 0.29) is 9.31 Å². The molecule has 0 heterocycles. The topological polar surface area (TPSA) is 0 Å². The molecule has 0 saturated heterocycles. The maximum atomic E-state index is 5.23. The van der Waals surface area contributed by atoms with Gasteiger partial charge in [0.2, 0.25) is 0 Å². The van der Waals surface area contributed by atoms with E-state index >= 15 is 0 Å². The predicted octanol–water partition coefficient (Wildman–Crippen LogP) is 0.766. The van der Waals surface area contributed by atoms with E-state index in [1.165, 1.54) is 0 Å². The van der Waals surface area contributed by atoms with Crippen LogP contribution in [-0.2, 0) is 9.31 Å². The molecule has 0 aliphatic rings. The van der Waals surface area contributed by atoms with Gasteiger partial charge in [-0.15, -0.1) is 0 Å². The SMILES string of the molecule is B#S(=P)CC. The molecule has 0 radical (unpaired) electrons. The Hall–Kier alpha value is 0.585. The van der Waals surface area contributed by atoms with Crippen molar-refractivity contribution in [2.45, 2.75) is 6.92 Å². The van der Waals surface area contributed by atoms with Crippen LogP contribution in [0.15, 0.2) is 0 Å². The molecule has 0 aromatic carbocycles. The van der Waals surface area contributed by atoms with Crippen LogP contribution >= 0.6 is 8.02 Å². The summed E-state index contributed by atoms with van der Waals surface area (Å²) >= 11 is 0. The first kappa shape index (κ1) is 5.58. The summed E-state index contributed by atoms with van der Waals surface area (Å²) in [6.07, 6.45) is 0. The number of hydrogen-bond acceptors (Lipinski definition) is 0. The first-order valence-corrected chi connectivity index (χ1v) is 4.12. The van der Waals surface area contributed by atoms with E-state index in [1.54, 1.807) is 0 Å². The molecule has 0 atom stereocenters. The van der Waals surface area contributed by atoms with Crippen molar-refractivity contribution in [3.8, 4) is 0 Å². The summed E-state index contributed by atoms with van der Waals surface area (Å²) in [7, 11) is 3.20. The Kier molecular flexibility index (Phi) is 3.13. The van der Waals surface area contributed by atoms with Crippen molar-refractivity contribution in [1.29, 1.82) is 0 Å². The molecule has 5 heavy (non-hydrogen) atoms. The Balaban J connectivity index is 3.39. The molecule has 0 saturated carbocycles. The van der Waals surface area contributed by atoms with Gasteiger partial charge in [-0.05, 0) is 0 Å². The van der Waals surface area contributed by atoms with E-state index in [0.29, 0.717) is 0 Å². The van der Waals surface area contributed by atoms with Crippen LogP contribution in [0.2, 0.25) is 0 Å². The van der Waals surface area contributed by atoms with Crippen molar-refractivity contribution in [1.82, 2.24) is 0 Å². The number of hydrogen-bond donors (Lipinski definition) is 0. The summed E-state index contributed by atoms with van der Waals surface area (Å²) in [5.74, 6) is 1.02. The van der Waals surface area contributed by atoms with Gasteiger partial charge in [0.1, 0.15) is 0 Å². The quantitative estimate of drug-likeness (QED) is 0.314. The van der Waals surface area contributed by atoms with E-state index in [1.807, 2.05) is 6.92 Å². The zero-order valence-corrected chi connectivity index (χ0v) is 5.01. The Morgan fingerprint density at radius 2 is 2.20 bits per heavy atom. The molecule has 0 unspecified atom stereocenters. The van der Waals surface area contributed by atoms with Crippen molar-refractivity contribution in [3.63, 3.8) is 0 Å². The zero-order valence-electron chi connectivity index (χ0n) is 3.19. The fourth-order valence-electron chi connectivity index (χ4n) is 0. The average molecular weight is 104 g/mol.